The zero-order valence-electron chi connectivity index (χ0n) is 14.2. The molecule has 0 bridgehead atoms. The lowest BCUT2D eigenvalue weighted by atomic mass is 10.0. The van der Waals surface area contributed by atoms with Crippen LogP contribution in [0.4, 0.5) is 15.0 Å². The van der Waals surface area contributed by atoms with Crippen LogP contribution in [0.3, 0.4) is 0 Å². The van der Waals surface area contributed by atoms with Crippen molar-refractivity contribution >= 4 is 23.5 Å². The summed E-state index contributed by atoms with van der Waals surface area (Å²) in [6, 6.07) is 2.03. The second-order valence-electron chi connectivity index (χ2n) is 6.64. The summed E-state index contributed by atoms with van der Waals surface area (Å²) in [5, 5.41) is 14.4. The van der Waals surface area contributed by atoms with Crippen LogP contribution in [0, 0.1) is 17.1 Å². The zero-order valence-corrected chi connectivity index (χ0v) is 15.0. The van der Waals surface area contributed by atoms with Gasteiger partial charge >= 0.3 is 6.09 Å². The summed E-state index contributed by atoms with van der Waals surface area (Å²) in [5.41, 5.74) is -0.670. The predicted octanol–water partition coefficient (Wildman–Crippen LogP) is 2.84. The number of ether oxygens (including phenoxy) is 2. The summed E-state index contributed by atoms with van der Waals surface area (Å²) in [6.07, 6.45) is -0.0553. The first kappa shape index (κ1) is 19.2. The van der Waals surface area contributed by atoms with Crippen LogP contribution >= 0.6 is 11.6 Å². The fourth-order valence-corrected chi connectivity index (χ4v) is 2.51. The van der Waals surface area contributed by atoms with Gasteiger partial charge in [-0.05, 0) is 33.3 Å². The topological polar surface area (TPSA) is 96.3 Å². The van der Waals surface area contributed by atoms with Crippen molar-refractivity contribution in [1.29, 1.82) is 5.26 Å². The Morgan fingerprint density at radius 2 is 2.24 bits per heavy atom. The van der Waals surface area contributed by atoms with Gasteiger partial charge in [-0.15, -0.1) is 0 Å². The van der Waals surface area contributed by atoms with Crippen molar-refractivity contribution < 1.29 is 18.7 Å². The van der Waals surface area contributed by atoms with Crippen LogP contribution in [-0.4, -0.2) is 42.0 Å². The number of halogens is 2. The minimum atomic E-state index is -0.691. The smallest absolute Gasteiger partial charge is 0.408 e. The number of nitrogens with one attached hydrogen (secondary N) is 2. The van der Waals surface area contributed by atoms with E-state index in [4.69, 9.17) is 26.3 Å². The Hall–Kier alpha value is -2.11. The van der Waals surface area contributed by atoms with E-state index in [1.54, 1.807) is 26.8 Å². The van der Waals surface area contributed by atoms with Crippen LogP contribution in [0.1, 0.15) is 32.8 Å². The first-order valence-electron chi connectivity index (χ1n) is 7.79. The first-order chi connectivity index (χ1) is 11.7. The number of nitrogens with zero attached hydrogens (tertiary/aromatic N) is 2. The quantitative estimate of drug-likeness (QED) is 0.794. The highest BCUT2D eigenvalue weighted by molar-refractivity contribution is 6.30. The summed E-state index contributed by atoms with van der Waals surface area (Å²) in [6.45, 7) is 5.99. The number of amides is 1. The molecule has 0 aliphatic carbocycles. The van der Waals surface area contributed by atoms with E-state index in [-0.39, 0.29) is 29.2 Å². The Bertz CT molecular complexity index is 687. The van der Waals surface area contributed by atoms with Gasteiger partial charge in [-0.3, -0.25) is 0 Å². The van der Waals surface area contributed by atoms with Gasteiger partial charge in [-0.2, -0.15) is 5.26 Å². The molecule has 2 N–H and O–H groups in total. The van der Waals surface area contributed by atoms with Gasteiger partial charge in [0.15, 0.2) is 11.6 Å². The van der Waals surface area contributed by atoms with Gasteiger partial charge in [0.05, 0.1) is 24.3 Å². The van der Waals surface area contributed by atoms with E-state index in [0.717, 1.165) is 6.07 Å². The summed E-state index contributed by atoms with van der Waals surface area (Å²) in [7, 11) is 0. The van der Waals surface area contributed by atoms with E-state index in [0.29, 0.717) is 13.0 Å². The minimum Gasteiger partial charge on any atom is -0.444 e. The molecule has 7 nitrogen and oxygen atoms in total. The molecule has 0 radical (unpaired) electrons. The molecule has 2 atom stereocenters. The molecule has 2 heterocycles. The van der Waals surface area contributed by atoms with Crippen molar-refractivity contribution in [1.82, 2.24) is 10.3 Å². The highest BCUT2D eigenvalue weighted by Gasteiger charge is 2.30. The fraction of sp³-hybridized carbons (Fsp3) is 0.562. The van der Waals surface area contributed by atoms with E-state index in [1.165, 1.54) is 0 Å². The average Bonchev–Trinajstić information content (AvgIpc) is 2.50. The number of carbonyl (C=O) groups excluding carboxylic acids is 1. The molecule has 1 aromatic heterocycles. The normalized spacial score (nSPS) is 20.5. The fourth-order valence-electron chi connectivity index (χ4n) is 2.33. The van der Waals surface area contributed by atoms with Crippen molar-refractivity contribution in [2.24, 2.45) is 0 Å². The standard InChI is InChI=1S/C16H20ClFN4O3/c1-16(2,3)25-15(23)21-12-8-24-5-4-11(12)20-14-10(18)6-9(7-19)13(17)22-14/h6,11-12H,4-5,8H2,1-3H3,(H,20,22)(H,21,23)/t11-,12+/m1/s1. The molecule has 136 valence electrons. The summed E-state index contributed by atoms with van der Waals surface area (Å²) in [5.74, 6) is -0.768. The SMILES string of the molecule is CC(C)(C)OC(=O)N[C@H]1COCC[C@H]1Nc1nc(Cl)c(C#N)cc1F. The van der Waals surface area contributed by atoms with Crippen LogP contribution in [-0.2, 0) is 9.47 Å². The molecule has 1 amide bonds. The Balaban J connectivity index is 2.10. The molecule has 9 heteroatoms. The van der Waals surface area contributed by atoms with Gasteiger partial charge in [-0.25, -0.2) is 14.2 Å². The second kappa shape index (κ2) is 7.85. The number of aromatic nitrogens is 1. The maximum Gasteiger partial charge on any atom is 0.408 e. The van der Waals surface area contributed by atoms with E-state index in [2.05, 4.69) is 15.6 Å². The molecule has 0 aromatic carbocycles. The lowest BCUT2D eigenvalue weighted by Gasteiger charge is -2.33. The lowest BCUT2D eigenvalue weighted by Crippen LogP contribution is -2.53. The van der Waals surface area contributed by atoms with Gasteiger partial charge in [0.2, 0.25) is 0 Å². The Morgan fingerprint density at radius 3 is 2.88 bits per heavy atom. The van der Waals surface area contributed by atoms with Crippen molar-refractivity contribution in [3.05, 3.63) is 22.6 Å². The number of nitriles is 1. The number of rotatable bonds is 3. The largest absolute Gasteiger partial charge is 0.444 e. The number of anilines is 1. The number of alkyl carbamates (subject to hydrolysis) is 1. The van der Waals surface area contributed by atoms with E-state index in [9.17, 15) is 9.18 Å². The number of pyridine rings is 1. The Kier molecular flexibility index (Phi) is 6.03. The first-order valence-corrected chi connectivity index (χ1v) is 8.17. The molecule has 0 unspecified atom stereocenters. The highest BCUT2D eigenvalue weighted by Crippen LogP contribution is 2.22. The van der Waals surface area contributed by atoms with Gasteiger partial charge in [0, 0.05) is 6.61 Å². The van der Waals surface area contributed by atoms with Crippen LogP contribution in [0.5, 0.6) is 0 Å². The Labute approximate surface area is 150 Å². The van der Waals surface area contributed by atoms with E-state index < -0.39 is 23.6 Å². The molecular weight excluding hydrogens is 351 g/mol. The van der Waals surface area contributed by atoms with Crippen LogP contribution in [0.15, 0.2) is 6.07 Å². The van der Waals surface area contributed by atoms with Crippen LogP contribution in [0.25, 0.3) is 0 Å². The van der Waals surface area contributed by atoms with Crippen molar-refractivity contribution in [2.45, 2.75) is 44.9 Å². The molecule has 1 aliphatic rings. The molecule has 1 saturated heterocycles. The summed E-state index contributed by atoms with van der Waals surface area (Å²) >= 11 is 5.86. The van der Waals surface area contributed by atoms with Gasteiger partial charge in [0.1, 0.15) is 16.8 Å². The molecule has 1 aliphatic heterocycles. The van der Waals surface area contributed by atoms with Crippen LogP contribution in [0.2, 0.25) is 5.15 Å². The average molecular weight is 371 g/mol. The summed E-state index contributed by atoms with van der Waals surface area (Å²) < 4.78 is 24.7. The van der Waals surface area contributed by atoms with Gasteiger partial charge in [0.25, 0.3) is 0 Å². The van der Waals surface area contributed by atoms with Crippen molar-refractivity contribution in [3.63, 3.8) is 0 Å². The zero-order chi connectivity index (χ0) is 18.6. The third kappa shape index (κ3) is 5.44. The minimum absolute atomic E-state index is 0.0416. The van der Waals surface area contributed by atoms with Gasteiger partial charge in [-0.1, -0.05) is 11.6 Å². The van der Waals surface area contributed by atoms with E-state index in [1.807, 2.05) is 0 Å². The highest BCUT2D eigenvalue weighted by atomic mass is 35.5. The monoisotopic (exact) mass is 370 g/mol. The second-order valence-corrected chi connectivity index (χ2v) is 6.99. The third-order valence-corrected chi connectivity index (χ3v) is 3.72. The number of hydrogen-bond acceptors (Lipinski definition) is 6. The molecule has 0 spiro atoms. The maximum atomic E-state index is 14.1. The predicted molar refractivity (Wildman–Crippen MR) is 89.9 cm³/mol. The van der Waals surface area contributed by atoms with Crippen LogP contribution < -0.4 is 10.6 Å². The molecule has 1 fully saturated rings. The molecular formula is C16H20ClFN4O3. The Morgan fingerprint density at radius 1 is 1.52 bits per heavy atom. The number of carbonyl (C=O) groups is 1. The molecule has 0 saturated carbocycles. The molecule has 25 heavy (non-hydrogen) atoms. The molecule has 2 rings (SSSR count). The van der Waals surface area contributed by atoms with Crippen molar-refractivity contribution in [3.8, 4) is 6.07 Å². The van der Waals surface area contributed by atoms with E-state index >= 15 is 0 Å². The number of hydrogen-bond donors (Lipinski definition) is 2. The van der Waals surface area contributed by atoms with Crippen molar-refractivity contribution in [2.75, 3.05) is 18.5 Å². The lowest BCUT2D eigenvalue weighted by molar-refractivity contribution is 0.0317. The molecule has 1 aromatic rings. The summed E-state index contributed by atoms with van der Waals surface area (Å²) in [4.78, 5) is 15.8. The maximum absolute atomic E-state index is 14.1. The van der Waals surface area contributed by atoms with Gasteiger partial charge < -0.3 is 20.1 Å². The third-order valence-electron chi connectivity index (χ3n) is 3.43.